The fraction of sp³-hybridized carbons (Fsp3) is 0.900. The molecule has 1 atom stereocenters. The van der Waals surface area contributed by atoms with E-state index in [0.29, 0.717) is 17.8 Å². The Labute approximate surface area is 74.7 Å². The third-order valence-corrected chi connectivity index (χ3v) is 2.73. The maximum absolute atomic E-state index is 11.0. The lowest BCUT2D eigenvalue weighted by Gasteiger charge is -2.29. The molecule has 0 aliphatic carbocycles. The SMILES string of the molecule is CC(C)(C)C1CCCC(=O)NC1. The molecule has 1 aliphatic heterocycles. The average Bonchev–Trinajstić information content (AvgIpc) is 2.11. The van der Waals surface area contributed by atoms with E-state index in [1.54, 1.807) is 0 Å². The lowest BCUT2D eigenvalue weighted by atomic mass is 9.78. The molecule has 1 fully saturated rings. The standard InChI is InChI=1S/C10H19NO/c1-10(2,3)8-5-4-6-9(12)11-7-8/h8H,4-7H2,1-3H3,(H,11,12). The van der Waals surface area contributed by atoms with Gasteiger partial charge in [0.1, 0.15) is 0 Å². The van der Waals surface area contributed by atoms with Crippen LogP contribution in [0.1, 0.15) is 40.0 Å². The predicted octanol–water partition coefficient (Wildman–Crippen LogP) is 1.95. The third kappa shape index (κ3) is 2.50. The average molecular weight is 169 g/mol. The van der Waals surface area contributed by atoms with E-state index >= 15 is 0 Å². The first-order chi connectivity index (χ1) is 5.50. The maximum atomic E-state index is 11.0. The molecule has 0 saturated carbocycles. The summed E-state index contributed by atoms with van der Waals surface area (Å²) in [5.41, 5.74) is 0.331. The topological polar surface area (TPSA) is 29.1 Å². The molecule has 0 aromatic carbocycles. The van der Waals surface area contributed by atoms with Gasteiger partial charge in [-0.15, -0.1) is 0 Å². The Balaban J connectivity index is 2.52. The van der Waals surface area contributed by atoms with E-state index in [1.165, 1.54) is 6.42 Å². The molecule has 1 amide bonds. The van der Waals surface area contributed by atoms with E-state index in [1.807, 2.05) is 0 Å². The molecule has 1 unspecified atom stereocenters. The molecule has 70 valence electrons. The van der Waals surface area contributed by atoms with Crippen molar-refractivity contribution in [3.63, 3.8) is 0 Å². The second-order valence-electron chi connectivity index (χ2n) is 4.76. The van der Waals surface area contributed by atoms with Crippen LogP contribution in [0.15, 0.2) is 0 Å². The zero-order valence-corrected chi connectivity index (χ0v) is 8.31. The Hall–Kier alpha value is -0.530. The summed E-state index contributed by atoms with van der Waals surface area (Å²) in [7, 11) is 0. The summed E-state index contributed by atoms with van der Waals surface area (Å²) in [5, 5.41) is 2.96. The molecule has 1 N–H and O–H groups in total. The molecule has 1 saturated heterocycles. The van der Waals surface area contributed by atoms with Gasteiger partial charge in [0.25, 0.3) is 0 Å². The molecule has 0 spiro atoms. The molecule has 0 radical (unpaired) electrons. The van der Waals surface area contributed by atoms with Crippen LogP contribution < -0.4 is 5.32 Å². The molecule has 1 rings (SSSR count). The van der Waals surface area contributed by atoms with Gasteiger partial charge >= 0.3 is 0 Å². The van der Waals surface area contributed by atoms with E-state index in [-0.39, 0.29) is 5.91 Å². The Bertz CT molecular complexity index is 169. The fourth-order valence-electron chi connectivity index (χ4n) is 1.68. The second-order valence-corrected chi connectivity index (χ2v) is 4.76. The molecule has 12 heavy (non-hydrogen) atoms. The van der Waals surface area contributed by atoms with Gasteiger partial charge in [0.15, 0.2) is 0 Å². The number of carbonyl (C=O) groups excluding carboxylic acids is 1. The van der Waals surface area contributed by atoms with Crippen LogP contribution >= 0.6 is 0 Å². The normalized spacial score (nSPS) is 26.2. The summed E-state index contributed by atoms with van der Waals surface area (Å²) in [6, 6.07) is 0. The zero-order chi connectivity index (χ0) is 9.19. The van der Waals surface area contributed by atoms with Gasteiger partial charge in [0.2, 0.25) is 5.91 Å². The van der Waals surface area contributed by atoms with Gasteiger partial charge < -0.3 is 5.32 Å². The van der Waals surface area contributed by atoms with E-state index in [2.05, 4.69) is 26.1 Å². The van der Waals surface area contributed by atoms with Gasteiger partial charge in [-0.25, -0.2) is 0 Å². The van der Waals surface area contributed by atoms with Gasteiger partial charge in [-0.1, -0.05) is 20.8 Å². The summed E-state index contributed by atoms with van der Waals surface area (Å²) in [5.74, 6) is 0.866. The highest BCUT2D eigenvalue weighted by Crippen LogP contribution is 2.30. The van der Waals surface area contributed by atoms with Crippen molar-refractivity contribution in [3.05, 3.63) is 0 Å². The molecular weight excluding hydrogens is 150 g/mol. The first-order valence-electron chi connectivity index (χ1n) is 4.77. The third-order valence-electron chi connectivity index (χ3n) is 2.73. The Morgan fingerprint density at radius 2 is 2.08 bits per heavy atom. The van der Waals surface area contributed by atoms with Crippen LogP contribution in [0, 0.1) is 11.3 Å². The van der Waals surface area contributed by atoms with Crippen LogP contribution in [0.4, 0.5) is 0 Å². The van der Waals surface area contributed by atoms with Crippen molar-refractivity contribution in [3.8, 4) is 0 Å². The van der Waals surface area contributed by atoms with Crippen molar-refractivity contribution in [2.75, 3.05) is 6.54 Å². The van der Waals surface area contributed by atoms with Crippen molar-refractivity contribution < 1.29 is 4.79 Å². The molecule has 0 aromatic rings. The van der Waals surface area contributed by atoms with E-state index in [4.69, 9.17) is 0 Å². The van der Waals surface area contributed by atoms with Crippen LogP contribution in [-0.2, 0) is 4.79 Å². The first kappa shape index (κ1) is 9.56. The van der Waals surface area contributed by atoms with Crippen molar-refractivity contribution in [1.29, 1.82) is 0 Å². The van der Waals surface area contributed by atoms with Gasteiger partial charge in [0.05, 0.1) is 0 Å². The Morgan fingerprint density at radius 1 is 1.42 bits per heavy atom. The van der Waals surface area contributed by atoms with Crippen LogP contribution in [0.3, 0.4) is 0 Å². The summed E-state index contributed by atoms with van der Waals surface area (Å²) in [6.07, 6.45) is 2.95. The molecule has 0 aromatic heterocycles. The zero-order valence-electron chi connectivity index (χ0n) is 8.31. The van der Waals surface area contributed by atoms with Gasteiger partial charge in [-0.05, 0) is 24.2 Å². The van der Waals surface area contributed by atoms with Gasteiger partial charge in [-0.3, -0.25) is 4.79 Å². The fourth-order valence-corrected chi connectivity index (χ4v) is 1.68. The molecule has 2 nitrogen and oxygen atoms in total. The highest BCUT2D eigenvalue weighted by atomic mass is 16.1. The molecule has 1 aliphatic rings. The number of nitrogens with one attached hydrogen (secondary N) is 1. The van der Waals surface area contributed by atoms with Crippen LogP contribution in [0.25, 0.3) is 0 Å². The van der Waals surface area contributed by atoms with E-state index < -0.39 is 0 Å². The second kappa shape index (κ2) is 3.46. The van der Waals surface area contributed by atoms with Crippen molar-refractivity contribution in [2.45, 2.75) is 40.0 Å². The number of hydrogen-bond acceptors (Lipinski definition) is 1. The quantitative estimate of drug-likeness (QED) is 0.590. The highest BCUT2D eigenvalue weighted by Gasteiger charge is 2.26. The Morgan fingerprint density at radius 3 is 2.67 bits per heavy atom. The summed E-state index contributed by atoms with van der Waals surface area (Å²) in [6.45, 7) is 7.60. The number of carbonyl (C=O) groups is 1. The largest absolute Gasteiger partial charge is 0.356 e. The van der Waals surface area contributed by atoms with Crippen molar-refractivity contribution >= 4 is 5.91 Å². The predicted molar refractivity (Wildman–Crippen MR) is 49.8 cm³/mol. The van der Waals surface area contributed by atoms with Crippen LogP contribution in [-0.4, -0.2) is 12.5 Å². The highest BCUT2D eigenvalue weighted by molar-refractivity contribution is 5.76. The molecule has 1 heterocycles. The Kier molecular flexibility index (Phi) is 2.76. The summed E-state index contributed by atoms with van der Waals surface area (Å²) >= 11 is 0. The summed E-state index contributed by atoms with van der Waals surface area (Å²) < 4.78 is 0. The minimum absolute atomic E-state index is 0.224. The number of rotatable bonds is 0. The first-order valence-corrected chi connectivity index (χ1v) is 4.77. The molecular formula is C10H19NO. The van der Waals surface area contributed by atoms with Crippen LogP contribution in [0.2, 0.25) is 0 Å². The van der Waals surface area contributed by atoms with Gasteiger partial charge in [0, 0.05) is 13.0 Å². The van der Waals surface area contributed by atoms with Gasteiger partial charge in [-0.2, -0.15) is 0 Å². The molecule has 2 heteroatoms. The summed E-state index contributed by atoms with van der Waals surface area (Å²) in [4.78, 5) is 11.0. The van der Waals surface area contributed by atoms with E-state index in [9.17, 15) is 4.79 Å². The minimum atomic E-state index is 0.224. The van der Waals surface area contributed by atoms with Crippen molar-refractivity contribution in [1.82, 2.24) is 5.32 Å². The van der Waals surface area contributed by atoms with Crippen molar-refractivity contribution in [2.24, 2.45) is 11.3 Å². The smallest absolute Gasteiger partial charge is 0.220 e. The number of amides is 1. The van der Waals surface area contributed by atoms with Crippen LogP contribution in [0.5, 0.6) is 0 Å². The lowest BCUT2D eigenvalue weighted by molar-refractivity contribution is -0.120. The van der Waals surface area contributed by atoms with E-state index in [0.717, 1.165) is 13.0 Å². The lowest BCUT2D eigenvalue weighted by Crippen LogP contribution is -2.32. The minimum Gasteiger partial charge on any atom is -0.356 e. The maximum Gasteiger partial charge on any atom is 0.220 e. The number of hydrogen-bond donors (Lipinski definition) is 1. The molecule has 0 bridgehead atoms. The monoisotopic (exact) mass is 169 g/mol.